The molecule has 2 unspecified atom stereocenters. The lowest BCUT2D eigenvalue weighted by molar-refractivity contribution is 0.524. The summed E-state index contributed by atoms with van der Waals surface area (Å²) in [6, 6.07) is 5.28. The summed E-state index contributed by atoms with van der Waals surface area (Å²) in [5, 5.41) is 3.46. The SMILES string of the molecule is CCCC(C)N(C)c1ccc(C(CC)NCC)nc1. The van der Waals surface area contributed by atoms with E-state index in [0.717, 1.165) is 18.7 Å². The zero-order valence-corrected chi connectivity index (χ0v) is 13.1. The molecule has 0 bridgehead atoms. The van der Waals surface area contributed by atoms with Crippen LogP contribution in [0, 0.1) is 0 Å². The van der Waals surface area contributed by atoms with Gasteiger partial charge >= 0.3 is 0 Å². The van der Waals surface area contributed by atoms with Crippen molar-refractivity contribution in [2.24, 2.45) is 0 Å². The predicted octanol–water partition coefficient (Wildman–Crippen LogP) is 3.77. The number of hydrogen-bond acceptors (Lipinski definition) is 3. The molecule has 0 amide bonds. The summed E-state index contributed by atoms with van der Waals surface area (Å²) in [6.45, 7) is 9.81. The molecule has 3 heteroatoms. The Hall–Kier alpha value is -1.09. The number of hydrogen-bond donors (Lipinski definition) is 1. The number of rotatable bonds is 8. The fraction of sp³-hybridized carbons (Fsp3) is 0.688. The van der Waals surface area contributed by atoms with Crippen LogP contribution in [0.3, 0.4) is 0 Å². The quantitative estimate of drug-likeness (QED) is 0.774. The first-order chi connectivity index (χ1) is 9.13. The van der Waals surface area contributed by atoms with Crippen molar-refractivity contribution in [3.05, 3.63) is 24.0 Å². The van der Waals surface area contributed by atoms with E-state index in [1.807, 2.05) is 6.20 Å². The average molecular weight is 263 g/mol. The fourth-order valence-electron chi connectivity index (χ4n) is 2.38. The Kier molecular flexibility index (Phi) is 6.85. The van der Waals surface area contributed by atoms with Gasteiger partial charge in [-0.25, -0.2) is 0 Å². The van der Waals surface area contributed by atoms with E-state index in [0.29, 0.717) is 12.1 Å². The molecule has 108 valence electrons. The molecule has 0 saturated heterocycles. The van der Waals surface area contributed by atoms with E-state index in [-0.39, 0.29) is 0 Å². The minimum Gasteiger partial charge on any atom is -0.371 e. The number of aromatic nitrogens is 1. The van der Waals surface area contributed by atoms with Gasteiger partial charge in [-0.15, -0.1) is 0 Å². The molecule has 1 heterocycles. The van der Waals surface area contributed by atoms with Gasteiger partial charge in [-0.1, -0.05) is 27.2 Å². The number of nitrogens with zero attached hydrogens (tertiary/aromatic N) is 2. The lowest BCUT2D eigenvalue weighted by Crippen LogP contribution is -2.28. The maximum atomic E-state index is 4.63. The molecule has 0 aliphatic carbocycles. The van der Waals surface area contributed by atoms with Crippen LogP contribution < -0.4 is 10.2 Å². The molecule has 0 aromatic carbocycles. The zero-order valence-electron chi connectivity index (χ0n) is 13.1. The average Bonchev–Trinajstić information content (AvgIpc) is 2.44. The highest BCUT2D eigenvalue weighted by molar-refractivity contribution is 5.44. The third kappa shape index (κ3) is 4.50. The second-order valence-corrected chi connectivity index (χ2v) is 5.21. The van der Waals surface area contributed by atoms with E-state index in [9.17, 15) is 0 Å². The van der Waals surface area contributed by atoms with Crippen molar-refractivity contribution < 1.29 is 0 Å². The Morgan fingerprint density at radius 3 is 2.47 bits per heavy atom. The Morgan fingerprint density at radius 1 is 1.26 bits per heavy atom. The van der Waals surface area contributed by atoms with Crippen molar-refractivity contribution in [2.75, 3.05) is 18.5 Å². The number of pyridine rings is 1. The maximum absolute atomic E-state index is 4.63. The van der Waals surface area contributed by atoms with Crippen molar-refractivity contribution in [2.45, 2.75) is 59.0 Å². The van der Waals surface area contributed by atoms with Crippen LogP contribution in [0.4, 0.5) is 5.69 Å². The molecule has 3 nitrogen and oxygen atoms in total. The van der Waals surface area contributed by atoms with Crippen LogP contribution in [-0.4, -0.2) is 24.6 Å². The molecule has 1 aromatic rings. The summed E-state index contributed by atoms with van der Waals surface area (Å²) in [5.41, 5.74) is 2.35. The molecular formula is C16H29N3. The second kappa shape index (κ2) is 8.16. The van der Waals surface area contributed by atoms with Crippen LogP contribution in [0.1, 0.15) is 58.7 Å². The summed E-state index contributed by atoms with van der Waals surface area (Å²) in [4.78, 5) is 6.94. The van der Waals surface area contributed by atoms with E-state index in [4.69, 9.17) is 0 Å². The molecule has 0 aliphatic heterocycles. The van der Waals surface area contributed by atoms with Gasteiger partial charge < -0.3 is 10.2 Å². The Balaban J connectivity index is 2.74. The Labute approximate surface area is 118 Å². The Bertz CT molecular complexity index is 348. The van der Waals surface area contributed by atoms with E-state index in [2.05, 4.69) is 62.1 Å². The van der Waals surface area contributed by atoms with Gasteiger partial charge in [0.15, 0.2) is 0 Å². The molecule has 0 spiro atoms. The van der Waals surface area contributed by atoms with Gasteiger partial charge in [0.25, 0.3) is 0 Å². The van der Waals surface area contributed by atoms with Gasteiger partial charge in [0.05, 0.1) is 17.6 Å². The molecule has 0 aliphatic rings. The highest BCUT2D eigenvalue weighted by atomic mass is 15.1. The Morgan fingerprint density at radius 2 is 2.00 bits per heavy atom. The molecule has 0 saturated carbocycles. The molecule has 1 aromatic heterocycles. The fourth-order valence-corrected chi connectivity index (χ4v) is 2.38. The highest BCUT2D eigenvalue weighted by Gasteiger charge is 2.12. The minimum absolute atomic E-state index is 0.373. The van der Waals surface area contributed by atoms with Crippen LogP contribution in [0.25, 0.3) is 0 Å². The number of anilines is 1. The van der Waals surface area contributed by atoms with Crippen molar-refractivity contribution in [3.63, 3.8) is 0 Å². The first kappa shape index (κ1) is 16.0. The van der Waals surface area contributed by atoms with Crippen molar-refractivity contribution in [3.8, 4) is 0 Å². The van der Waals surface area contributed by atoms with Crippen LogP contribution in [0.2, 0.25) is 0 Å². The third-order valence-electron chi connectivity index (χ3n) is 3.76. The lowest BCUT2D eigenvalue weighted by Gasteiger charge is -2.27. The van der Waals surface area contributed by atoms with Crippen molar-refractivity contribution >= 4 is 5.69 Å². The molecular weight excluding hydrogens is 234 g/mol. The van der Waals surface area contributed by atoms with Crippen LogP contribution in [0.15, 0.2) is 18.3 Å². The van der Waals surface area contributed by atoms with Crippen LogP contribution in [0.5, 0.6) is 0 Å². The standard InChI is InChI=1S/C16H29N3/c1-6-9-13(4)19(5)14-10-11-16(18-12-14)15(7-2)17-8-3/h10-13,15,17H,6-9H2,1-5H3. The normalized spacial score (nSPS) is 14.2. The summed E-state index contributed by atoms with van der Waals surface area (Å²) in [6.07, 6.45) is 5.51. The largest absolute Gasteiger partial charge is 0.371 e. The molecule has 0 fully saturated rings. The van der Waals surface area contributed by atoms with Gasteiger partial charge in [0.2, 0.25) is 0 Å². The smallest absolute Gasteiger partial charge is 0.0574 e. The molecule has 19 heavy (non-hydrogen) atoms. The first-order valence-corrected chi connectivity index (χ1v) is 7.56. The van der Waals surface area contributed by atoms with E-state index >= 15 is 0 Å². The molecule has 0 radical (unpaired) electrons. The van der Waals surface area contributed by atoms with E-state index in [1.54, 1.807) is 0 Å². The zero-order chi connectivity index (χ0) is 14.3. The molecule has 2 atom stereocenters. The van der Waals surface area contributed by atoms with Crippen LogP contribution >= 0.6 is 0 Å². The topological polar surface area (TPSA) is 28.2 Å². The monoisotopic (exact) mass is 263 g/mol. The van der Waals surface area contributed by atoms with Gasteiger partial charge in [0.1, 0.15) is 0 Å². The lowest BCUT2D eigenvalue weighted by atomic mass is 10.1. The van der Waals surface area contributed by atoms with E-state index < -0.39 is 0 Å². The molecule has 1 rings (SSSR count). The first-order valence-electron chi connectivity index (χ1n) is 7.56. The molecule has 1 N–H and O–H groups in total. The van der Waals surface area contributed by atoms with Crippen molar-refractivity contribution in [1.29, 1.82) is 0 Å². The summed E-state index contributed by atoms with van der Waals surface area (Å²) in [7, 11) is 2.15. The van der Waals surface area contributed by atoms with Crippen LogP contribution in [-0.2, 0) is 0 Å². The second-order valence-electron chi connectivity index (χ2n) is 5.21. The summed E-state index contributed by atoms with van der Waals surface area (Å²) < 4.78 is 0. The minimum atomic E-state index is 0.373. The summed E-state index contributed by atoms with van der Waals surface area (Å²) in [5.74, 6) is 0. The highest BCUT2D eigenvalue weighted by Crippen LogP contribution is 2.20. The van der Waals surface area contributed by atoms with E-state index in [1.165, 1.54) is 18.5 Å². The van der Waals surface area contributed by atoms with Gasteiger partial charge in [-0.3, -0.25) is 4.98 Å². The third-order valence-corrected chi connectivity index (χ3v) is 3.76. The van der Waals surface area contributed by atoms with Gasteiger partial charge in [0, 0.05) is 19.1 Å². The number of nitrogens with one attached hydrogen (secondary N) is 1. The summed E-state index contributed by atoms with van der Waals surface area (Å²) >= 11 is 0. The maximum Gasteiger partial charge on any atom is 0.0574 e. The predicted molar refractivity (Wildman–Crippen MR) is 83.7 cm³/mol. The van der Waals surface area contributed by atoms with Gasteiger partial charge in [-0.05, 0) is 38.4 Å². The van der Waals surface area contributed by atoms with Gasteiger partial charge in [-0.2, -0.15) is 0 Å². The van der Waals surface area contributed by atoms with Crippen molar-refractivity contribution in [1.82, 2.24) is 10.3 Å².